The van der Waals surface area contributed by atoms with Crippen molar-refractivity contribution >= 4 is 21.4 Å². The zero-order valence-electron chi connectivity index (χ0n) is 11.2. The summed E-state index contributed by atoms with van der Waals surface area (Å²) >= 11 is 1.46. The molecule has 6 nitrogen and oxygen atoms in total. The van der Waals surface area contributed by atoms with Crippen LogP contribution >= 0.6 is 11.3 Å². The van der Waals surface area contributed by atoms with Gasteiger partial charge in [-0.2, -0.15) is 4.31 Å². The van der Waals surface area contributed by atoms with Crippen LogP contribution in [0.1, 0.15) is 29.3 Å². The first-order valence-electron chi connectivity index (χ1n) is 6.33. The number of aryl methyl sites for hydroxylation is 2. The van der Waals surface area contributed by atoms with E-state index < -0.39 is 10.0 Å². The standard InChI is InChI=1S/C12H15N3O3S2/c1-8-12(9(2)18-14-8)20(16,17)15(10-3-4-10)7-11-13-5-6-19-11/h5-6,10H,3-4,7H2,1-2H3. The summed E-state index contributed by atoms with van der Waals surface area (Å²) in [5, 5.41) is 6.40. The second-order valence-electron chi connectivity index (χ2n) is 4.86. The first kappa shape index (κ1) is 13.7. The average Bonchev–Trinajstić information content (AvgIpc) is 2.97. The van der Waals surface area contributed by atoms with E-state index in [1.807, 2.05) is 5.38 Å². The molecule has 0 amide bonds. The molecule has 2 aromatic rings. The molecule has 20 heavy (non-hydrogen) atoms. The highest BCUT2D eigenvalue weighted by molar-refractivity contribution is 7.89. The van der Waals surface area contributed by atoms with E-state index in [0.29, 0.717) is 18.0 Å². The van der Waals surface area contributed by atoms with Gasteiger partial charge in [0.15, 0.2) is 5.76 Å². The third kappa shape index (κ3) is 2.38. The third-order valence-corrected chi connectivity index (χ3v) is 6.17. The van der Waals surface area contributed by atoms with Crippen molar-refractivity contribution in [2.24, 2.45) is 0 Å². The molecule has 3 rings (SSSR count). The Morgan fingerprint density at radius 1 is 1.45 bits per heavy atom. The lowest BCUT2D eigenvalue weighted by molar-refractivity contribution is 0.384. The van der Waals surface area contributed by atoms with Gasteiger partial charge in [0.2, 0.25) is 10.0 Å². The van der Waals surface area contributed by atoms with Gasteiger partial charge in [-0.15, -0.1) is 11.3 Å². The zero-order valence-corrected chi connectivity index (χ0v) is 12.9. The topological polar surface area (TPSA) is 76.3 Å². The van der Waals surface area contributed by atoms with Gasteiger partial charge in [-0.25, -0.2) is 13.4 Å². The van der Waals surface area contributed by atoms with E-state index in [9.17, 15) is 8.42 Å². The maximum Gasteiger partial charge on any atom is 0.249 e. The molecule has 1 aliphatic rings. The van der Waals surface area contributed by atoms with Crippen LogP contribution in [0.5, 0.6) is 0 Å². The lowest BCUT2D eigenvalue weighted by atomic mass is 10.4. The molecule has 0 aliphatic heterocycles. The Labute approximate surface area is 121 Å². The van der Waals surface area contributed by atoms with Crippen LogP contribution in [-0.2, 0) is 16.6 Å². The molecule has 8 heteroatoms. The summed E-state index contributed by atoms with van der Waals surface area (Å²) in [7, 11) is -3.59. The van der Waals surface area contributed by atoms with Crippen LogP contribution in [0.2, 0.25) is 0 Å². The summed E-state index contributed by atoms with van der Waals surface area (Å²) < 4.78 is 32.2. The van der Waals surface area contributed by atoms with Crippen molar-refractivity contribution in [2.45, 2.75) is 44.2 Å². The molecule has 108 valence electrons. The van der Waals surface area contributed by atoms with E-state index in [2.05, 4.69) is 10.1 Å². The number of aromatic nitrogens is 2. The molecule has 2 aromatic heterocycles. The predicted molar refractivity (Wildman–Crippen MR) is 73.8 cm³/mol. The lowest BCUT2D eigenvalue weighted by Crippen LogP contribution is -2.33. The molecule has 1 saturated carbocycles. The third-order valence-electron chi connectivity index (χ3n) is 3.26. The Morgan fingerprint density at radius 2 is 2.20 bits per heavy atom. The molecule has 1 aliphatic carbocycles. The van der Waals surface area contributed by atoms with E-state index in [1.165, 1.54) is 15.6 Å². The summed E-state index contributed by atoms with van der Waals surface area (Å²) in [4.78, 5) is 4.37. The van der Waals surface area contributed by atoms with E-state index in [4.69, 9.17) is 4.52 Å². The molecule has 0 aromatic carbocycles. The Bertz CT molecular complexity index is 683. The van der Waals surface area contributed by atoms with Gasteiger partial charge in [-0.05, 0) is 26.7 Å². The van der Waals surface area contributed by atoms with E-state index in [0.717, 1.165) is 17.8 Å². The van der Waals surface area contributed by atoms with Gasteiger partial charge < -0.3 is 4.52 Å². The normalized spacial score (nSPS) is 15.9. The van der Waals surface area contributed by atoms with Crippen LogP contribution in [0.3, 0.4) is 0 Å². The fourth-order valence-electron chi connectivity index (χ4n) is 2.20. The van der Waals surface area contributed by atoms with Gasteiger partial charge in [0.25, 0.3) is 0 Å². The summed E-state index contributed by atoms with van der Waals surface area (Å²) in [5.74, 6) is 0.340. The molecule has 0 radical (unpaired) electrons. The number of nitrogens with zero attached hydrogens (tertiary/aromatic N) is 3. The van der Waals surface area contributed by atoms with Crippen LogP contribution < -0.4 is 0 Å². The van der Waals surface area contributed by atoms with Gasteiger partial charge in [0.1, 0.15) is 15.6 Å². The van der Waals surface area contributed by atoms with Crippen LogP contribution in [0.4, 0.5) is 0 Å². The highest BCUT2D eigenvalue weighted by atomic mass is 32.2. The first-order chi connectivity index (χ1) is 9.50. The van der Waals surface area contributed by atoms with Crippen LogP contribution in [-0.4, -0.2) is 28.9 Å². The second kappa shape index (κ2) is 4.94. The van der Waals surface area contributed by atoms with Gasteiger partial charge in [0.05, 0.1) is 6.54 Å². The maximum atomic E-state index is 12.8. The van der Waals surface area contributed by atoms with Crippen molar-refractivity contribution in [1.29, 1.82) is 0 Å². The highest BCUT2D eigenvalue weighted by Crippen LogP contribution is 2.35. The van der Waals surface area contributed by atoms with Gasteiger partial charge in [0, 0.05) is 17.6 Å². The minimum Gasteiger partial charge on any atom is -0.360 e. The average molecular weight is 313 g/mol. The largest absolute Gasteiger partial charge is 0.360 e. The molecule has 0 N–H and O–H groups in total. The quantitative estimate of drug-likeness (QED) is 0.845. The number of sulfonamides is 1. The molecule has 0 unspecified atom stereocenters. The van der Waals surface area contributed by atoms with E-state index >= 15 is 0 Å². The number of hydrogen-bond donors (Lipinski definition) is 0. The Kier molecular flexibility index (Phi) is 3.39. The van der Waals surface area contributed by atoms with Crippen LogP contribution in [0.25, 0.3) is 0 Å². The van der Waals surface area contributed by atoms with E-state index in [1.54, 1.807) is 20.0 Å². The molecule has 2 heterocycles. The molecule has 0 saturated heterocycles. The molecular formula is C12H15N3O3S2. The lowest BCUT2D eigenvalue weighted by Gasteiger charge is -2.20. The van der Waals surface area contributed by atoms with Crippen molar-refractivity contribution in [1.82, 2.24) is 14.4 Å². The molecule has 0 spiro atoms. The predicted octanol–water partition coefficient (Wildman–Crippen LogP) is 2.10. The fraction of sp³-hybridized carbons (Fsp3) is 0.500. The minimum absolute atomic E-state index is 0.0672. The van der Waals surface area contributed by atoms with Gasteiger partial charge in [-0.3, -0.25) is 0 Å². The molecule has 0 atom stereocenters. The van der Waals surface area contributed by atoms with Crippen molar-refractivity contribution in [3.8, 4) is 0 Å². The Hall–Kier alpha value is -1.25. The van der Waals surface area contributed by atoms with Crippen molar-refractivity contribution in [3.05, 3.63) is 28.0 Å². The van der Waals surface area contributed by atoms with Crippen LogP contribution in [0.15, 0.2) is 21.0 Å². The SMILES string of the molecule is Cc1noc(C)c1S(=O)(=O)N(Cc1nccs1)C1CC1. The van der Waals surface area contributed by atoms with Crippen molar-refractivity contribution in [3.63, 3.8) is 0 Å². The van der Waals surface area contributed by atoms with Crippen molar-refractivity contribution < 1.29 is 12.9 Å². The summed E-state index contributed by atoms with van der Waals surface area (Å²) in [6.07, 6.45) is 3.48. The molecule has 1 fully saturated rings. The number of hydrogen-bond acceptors (Lipinski definition) is 6. The summed E-state index contributed by atoms with van der Waals surface area (Å²) in [6.45, 7) is 3.59. The number of rotatable bonds is 5. The van der Waals surface area contributed by atoms with Gasteiger partial charge >= 0.3 is 0 Å². The Balaban J connectivity index is 1.98. The molecular weight excluding hydrogens is 298 g/mol. The fourth-order valence-corrected chi connectivity index (χ4v) is 4.83. The van der Waals surface area contributed by atoms with Gasteiger partial charge in [-0.1, -0.05) is 5.16 Å². The van der Waals surface area contributed by atoms with Crippen molar-refractivity contribution in [2.75, 3.05) is 0 Å². The van der Waals surface area contributed by atoms with E-state index in [-0.39, 0.29) is 10.9 Å². The Morgan fingerprint density at radius 3 is 2.70 bits per heavy atom. The smallest absolute Gasteiger partial charge is 0.249 e. The number of thiazole rings is 1. The second-order valence-corrected chi connectivity index (χ2v) is 7.67. The van der Waals surface area contributed by atoms with Crippen LogP contribution in [0, 0.1) is 13.8 Å². The highest BCUT2D eigenvalue weighted by Gasteiger charge is 2.41. The zero-order chi connectivity index (χ0) is 14.3. The summed E-state index contributed by atoms with van der Waals surface area (Å²) in [5.41, 5.74) is 0.410. The maximum absolute atomic E-state index is 12.8. The monoisotopic (exact) mass is 313 g/mol. The molecule has 0 bridgehead atoms. The minimum atomic E-state index is -3.59. The summed E-state index contributed by atoms with van der Waals surface area (Å²) in [6, 6.07) is 0.0672. The first-order valence-corrected chi connectivity index (χ1v) is 8.65.